The molecule has 0 fully saturated rings. The maximum Gasteiger partial charge on any atom is 0.337 e. The van der Waals surface area contributed by atoms with E-state index < -0.39 is 11.9 Å². The van der Waals surface area contributed by atoms with Gasteiger partial charge in [-0.05, 0) is 54.2 Å². The molecule has 0 bridgehead atoms. The highest BCUT2D eigenvalue weighted by Crippen LogP contribution is 2.47. The fraction of sp³-hybridized carbons (Fsp3) is 0.379. The van der Waals surface area contributed by atoms with E-state index in [4.69, 9.17) is 9.47 Å². The minimum Gasteiger partial charge on any atom is -0.497 e. The molecule has 0 radical (unpaired) electrons. The molecule has 184 valence electrons. The van der Waals surface area contributed by atoms with Crippen molar-refractivity contribution in [2.75, 3.05) is 26.1 Å². The first-order chi connectivity index (χ1) is 16.6. The average Bonchev–Trinajstić information content (AvgIpc) is 2.81. The van der Waals surface area contributed by atoms with E-state index in [-0.39, 0.29) is 17.8 Å². The van der Waals surface area contributed by atoms with E-state index in [9.17, 15) is 9.59 Å². The third kappa shape index (κ3) is 5.11. The fourth-order valence-electron chi connectivity index (χ4n) is 4.95. The maximum atomic E-state index is 13.5. The molecule has 0 spiro atoms. The Hall–Kier alpha value is -3.54. The van der Waals surface area contributed by atoms with E-state index >= 15 is 0 Å². The molecule has 4 rings (SSSR count). The summed E-state index contributed by atoms with van der Waals surface area (Å²) in [6.45, 7) is 6.24. The number of nitrogens with one attached hydrogen (secondary N) is 1. The van der Waals surface area contributed by atoms with Crippen LogP contribution in [0.5, 0.6) is 5.75 Å². The molecule has 1 aliphatic carbocycles. The Morgan fingerprint density at radius 2 is 1.71 bits per heavy atom. The SMILES string of the molecule is COc1ccc(COC(=O)C2=C(C)NC3=C(C(=O)CC(C)(C)C3)[C@@H]2c2ccc(N(C)C)cc2)cc1. The Morgan fingerprint density at radius 1 is 1.06 bits per heavy atom. The zero-order chi connectivity index (χ0) is 25.3. The van der Waals surface area contributed by atoms with Gasteiger partial charge in [-0.2, -0.15) is 0 Å². The van der Waals surface area contributed by atoms with Crippen molar-refractivity contribution >= 4 is 17.4 Å². The predicted octanol–water partition coefficient (Wildman–Crippen LogP) is 5.11. The normalized spacial score (nSPS) is 19.1. The third-order valence-corrected chi connectivity index (χ3v) is 6.73. The number of anilines is 1. The van der Waals surface area contributed by atoms with Crippen molar-refractivity contribution in [1.82, 2.24) is 5.32 Å². The first-order valence-corrected chi connectivity index (χ1v) is 11.9. The monoisotopic (exact) mass is 474 g/mol. The zero-order valence-corrected chi connectivity index (χ0v) is 21.4. The third-order valence-electron chi connectivity index (χ3n) is 6.73. The van der Waals surface area contributed by atoms with Gasteiger partial charge >= 0.3 is 5.97 Å². The molecule has 1 aliphatic heterocycles. The van der Waals surface area contributed by atoms with Crippen LogP contribution in [0.15, 0.2) is 71.1 Å². The van der Waals surface area contributed by atoms with Crippen molar-refractivity contribution < 1.29 is 19.1 Å². The van der Waals surface area contributed by atoms with Crippen molar-refractivity contribution in [2.45, 2.75) is 46.1 Å². The first kappa shape index (κ1) is 24.6. The molecule has 1 atom stereocenters. The highest BCUT2D eigenvalue weighted by Gasteiger charge is 2.43. The number of hydrogen-bond acceptors (Lipinski definition) is 6. The molecule has 1 heterocycles. The van der Waals surface area contributed by atoms with E-state index in [0.717, 1.165) is 40.4 Å². The number of allylic oxidation sites excluding steroid dienone is 3. The summed E-state index contributed by atoms with van der Waals surface area (Å²) in [4.78, 5) is 28.9. The molecule has 2 aromatic carbocycles. The Morgan fingerprint density at radius 3 is 2.31 bits per heavy atom. The minimum atomic E-state index is -0.463. The highest BCUT2D eigenvalue weighted by molar-refractivity contribution is 6.04. The maximum absolute atomic E-state index is 13.5. The predicted molar refractivity (Wildman–Crippen MR) is 137 cm³/mol. The lowest BCUT2D eigenvalue weighted by atomic mass is 9.68. The second-order valence-electron chi connectivity index (χ2n) is 10.3. The van der Waals surface area contributed by atoms with Gasteiger partial charge in [0, 0.05) is 49.1 Å². The number of nitrogens with zero attached hydrogens (tertiary/aromatic N) is 1. The van der Waals surface area contributed by atoms with Crippen LogP contribution in [0, 0.1) is 5.41 Å². The van der Waals surface area contributed by atoms with Gasteiger partial charge in [-0.25, -0.2) is 4.79 Å². The number of rotatable bonds is 6. The smallest absolute Gasteiger partial charge is 0.337 e. The Kier molecular flexibility index (Phi) is 6.75. The van der Waals surface area contributed by atoms with Crippen LogP contribution >= 0.6 is 0 Å². The molecular formula is C29H34N2O4. The quantitative estimate of drug-likeness (QED) is 0.587. The van der Waals surface area contributed by atoms with Crippen LogP contribution in [0.1, 0.15) is 50.7 Å². The van der Waals surface area contributed by atoms with Crippen LogP contribution in [-0.4, -0.2) is 33.0 Å². The van der Waals surface area contributed by atoms with Crippen molar-refractivity contribution in [3.8, 4) is 5.75 Å². The fourth-order valence-corrected chi connectivity index (χ4v) is 4.95. The van der Waals surface area contributed by atoms with Crippen molar-refractivity contribution in [2.24, 2.45) is 5.41 Å². The lowest BCUT2D eigenvalue weighted by molar-refractivity contribution is -0.140. The number of dihydropyridines is 1. The number of methoxy groups -OCH3 is 1. The number of carbonyl (C=O) groups is 2. The molecule has 1 N–H and O–H groups in total. The topological polar surface area (TPSA) is 67.9 Å². The molecule has 6 nitrogen and oxygen atoms in total. The number of Topliss-reactive ketones (excluding diaryl/α,β-unsaturated/α-hetero) is 1. The van der Waals surface area contributed by atoms with Crippen LogP contribution in [0.3, 0.4) is 0 Å². The first-order valence-electron chi connectivity index (χ1n) is 11.9. The molecule has 0 saturated carbocycles. The van der Waals surface area contributed by atoms with Gasteiger partial charge < -0.3 is 19.7 Å². The van der Waals surface area contributed by atoms with Gasteiger partial charge in [0.05, 0.1) is 12.7 Å². The van der Waals surface area contributed by atoms with Crippen LogP contribution in [0.4, 0.5) is 5.69 Å². The number of hydrogen-bond donors (Lipinski definition) is 1. The second-order valence-corrected chi connectivity index (χ2v) is 10.3. The number of esters is 1. The van der Waals surface area contributed by atoms with Gasteiger partial charge in [-0.1, -0.05) is 38.1 Å². The molecule has 0 unspecified atom stereocenters. The summed E-state index contributed by atoms with van der Waals surface area (Å²) in [5.41, 5.74) is 5.52. The Bertz CT molecular complexity index is 1190. The molecule has 0 aromatic heterocycles. The van der Waals surface area contributed by atoms with Gasteiger partial charge in [0.2, 0.25) is 0 Å². The minimum absolute atomic E-state index is 0.0818. The van der Waals surface area contributed by atoms with Crippen LogP contribution < -0.4 is 15.0 Å². The molecule has 6 heteroatoms. The van der Waals surface area contributed by atoms with E-state index in [1.54, 1.807) is 7.11 Å². The molecule has 2 aliphatic rings. The average molecular weight is 475 g/mol. The van der Waals surface area contributed by atoms with Gasteiger partial charge in [-0.15, -0.1) is 0 Å². The number of ether oxygens (including phenoxy) is 2. The largest absolute Gasteiger partial charge is 0.497 e. The highest BCUT2D eigenvalue weighted by atomic mass is 16.5. The van der Waals surface area contributed by atoms with Crippen molar-refractivity contribution in [1.29, 1.82) is 0 Å². The number of benzene rings is 2. The molecule has 0 amide bonds. The molecule has 0 saturated heterocycles. The van der Waals surface area contributed by atoms with E-state index in [2.05, 4.69) is 19.2 Å². The lowest BCUT2D eigenvalue weighted by Gasteiger charge is -2.39. The van der Waals surface area contributed by atoms with E-state index in [1.807, 2.05) is 74.4 Å². The van der Waals surface area contributed by atoms with Crippen molar-refractivity contribution in [3.63, 3.8) is 0 Å². The summed E-state index contributed by atoms with van der Waals surface area (Å²) in [5.74, 6) is -0.0564. The van der Waals surface area contributed by atoms with Crippen LogP contribution in [0.25, 0.3) is 0 Å². The zero-order valence-electron chi connectivity index (χ0n) is 21.4. The summed E-state index contributed by atoms with van der Waals surface area (Å²) in [7, 11) is 5.58. The molecular weight excluding hydrogens is 440 g/mol. The summed E-state index contributed by atoms with van der Waals surface area (Å²) in [6.07, 6.45) is 1.21. The summed E-state index contributed by atoms with van der Waals surface area (Å²) >= 11 is 0. The van der Waals surface area contributed by atoms with Gasteiger partial charge in [0.15, 0.2) is 5.78 Å². The number of carbonyl (C=O) groups excluding carboxylic acids is 2. The van der Waals surface area contributed by atoms with Gasteiger partial charge in [0.1, 0.15) is 12.4 Å². The van der Waals surface area contributed by atoms with Gasteiger partial charge in [-0.3, -0.25) is 4.79 Å². The van der Waals surface area contributed by atoms with Crippen LogP contribution in [0.2, 0.25) is 0 Å². The van der Waals surface area contributed by atoms with Crippen LogP contribution in [-0.2, 0) is 20.9 Å². The molecule has 35 heavy (non-hydrogen) atoms. The molecule has 2 aromatic rings. The van der Waals surface area contributed by atoms with Gasteiger partial charge in [0.25, 0.3) is 0 Å². The Labute approximate surface area is 207 Å². The standard InChI is InChI=1S/C29H34N2O4/c1-18-25(28(33)35-17-19-7-13-22(34-6)14-8-19)26(20-9-11-21(12-10-20)31(4)5)27-23(30-18)15-29(2,3)16-24(27)32/h7-14,26,30H,15-17H2,1-6H3/t26-/m1/s1. The second kappa shape index (κ2) is 9.61. The number of ketones is 1. The summed E-state index contributed by atoms with van der Waals surface area (Å²) in [6, 6.07) is 15.5. The van der Waals surface area contributed by atoms with E-state index in [1.165, 1.54) is 0 Å². The summed E-state index contributed by atoms with van der Waals surface area (Å²) in [5, 5.41) is 3.39. The Balaban J connectivity index is 1.69. The summed E-state index contributed by atoms with van der Waals surface area (Å²) < 4.78 is 11.0. The lowest BCUT2D eigenvalue weighted by Crippen LogP contribution is -2.38. The van der Waals surface area contributed by atoms with E-state index in [0.29, 0.717) is 17.6 Å². The van der Waals surface area contributed by atoms with Crippen molar-refractivity contribution in [3.05, 3.63) is 82.2 Å².